The number of aromatic nitrogens is 4. The fourth-order valence-corrected chi connectivity index (χ4v) is 1.54. The summed E-state index contributed by atoms with van der Waals surface area (Å²) >= 11 is 0. The monoisotopic (exact) mass is 269 g/mol. The normalized spacial score (nSPS) is 11.3. The van der Waals surface area contributed by atoms with Crippen LogP contribution in [0.1, 0.15) is 46.5 Å². The van der Waals surface area contributed by atoms with Crippen molar-refractivity contribution >= 4 is 6.09 Å². The molecular formula is C12H23N5O2. The topological polar surface area (TPSA) is 81.9 Å². The van der Waals surface area contributed by atoms with Crippen LogP contribution in [0.5, 0.6) is 0 Å². The molecule has 0 aliphatic carbocycles. The summed E-state index contributed by atoms with van der Waals surface area (Å²) in [6.45, 7) is 7.05. The van der Waals surface area contributed by atoms with E-state index in [1.54, 1.807) is 11.0 Å². The van der Waals surface area contributed by atoms with Gasteiger partial charge < -0.3 is 10.1 Å². The molecule has 19 heavy (non-hydrogen) atoms. The third-order valence-electron chi connectivity index (χ3n) is 2.37. The largest absolute Gasteiger partial charge is 0.444 e. The molecule has 0 spiro atoms. The van der Waals surface area contributed by atoms with Crippen LogP contribution in [0.2, 0.25) is 0 Å². The van der Waals surface area contributed by atoms with Gasteiger partial charge in [0.2, 0.25) is 0 Å². The Bertz CT molecular complexity index is 359. The van der Waals surface area contributed by atoms with Crippen molar-refractivity contribution in [2.24, 2.45) is 0 Å². The molecule has 7 nitrogen and oxygen atoms in total. The highest BCUT2D eigenvalue weighted by atomic mass is 16.6. The molecule has 1 aromatic heterocycles. The number of tetrazole rings is 1. The van der Waals surface area contributed by atoms with Crippen LogP contribution in [0.4, 0.5) is 4.79 Å². The van der Waals surface area contributed by atoms with Crippen LogP contribution < -0.4 is 5.32 Å². The second kappa shape index (κ2) is 7.70. The summed E-state index contributed by atoms with van der Waals surface area (Å²) in [5.74, 6) is 0. The lowest BCUT2D eigenvalue weighted by molar-refractivity contribution is 0.0527. The first-order chi connectivity index (χ1) is 8.97. The molecule has 1 amide bonds. The van der Waals surface area contributed by atoms with Gasteiger partial charge in [0.05, 0.1) is 0 Å². The highest BCUT2D eigenvalue weighted by Crippen LogP contribution is 2.06. The number of nitrogens with zero attached hydrogens (tertiary/aromatic N) is 4. The van der Waals surface area contributed by atoms with Crippen LogP contribution in [-0.4, -0.2) is 38.4 Å². The summed E-state index contributed by atoms with van der Waals surface area (Å²) in [6.07, 6.45) is 5.42. The van der Waals surface area contributed by atoms with Gasteiger partial charge in [-0.2, -0.15) is 0 Å². The second-order valence-electron chi connectivity index (χ2n) is 5.42. The van der Waals surface area contributed by atoms with Crippen molar-refractivity contribution in [3.05, 3.63) is 6.33 Å². The van der Waals surface area contributed by atoms with Gasteiger partial charge in [-0.05, 0) is 44.0 Å². The SMILES string of the molecule is CC(C)(C)OC(=O)NCCCCCCn1cnnn1. The average Bonchev–Trinajstić information content (AvgIpc) is 2.78. The molecule has 1 aromatic rings. The predicted molar refractivity (Wildman–Crippen MR) is 70.5 cm³/mol. The minimum absolute atomic E-state index is 0.346. The molecule has 0 atom stereocenters. The Balaban J connectivity index is 1.92. The van der Waals surface area contributed by atoms with Gasteiger partial charge in [-0.15, -0.1) is 5.10 Å². The number of unbranched alkanes of at least 4 members (excludes halogenated alkanes) is 3. The van der Waals surface area contributed by atoms with E-state index in [9.17, 15) is 4.79 Å². The Hall–Kier alpha value is -1.66. The number of aryl methyl sites for hydroxylation is 1. The zero-order valence-electron chi connectivity index (χ0n) is 11.9. The van der Waals surface area contributed by atoms with Gasteiger partial charge in [-0.1, -0.05) is 12.8 Å². The van der Waals surface area contributed by atoms with Gasteiger partial charge in [0.15, 0.2) is 0 Å². The first kappa shape index (κ1) is 15.4. The van der Waals surface area contributed by atoms with Crippen molar-refractivity contribution < 1.29 is 9.53 Å². The van der Waals surface area contributed by atoms with Crippen molar-refractivity contribution in [1.29, 1.82) is 0 Å². The molecule has 1 heterocycles. The van der Waals surface area contributed by atoms with E-state index in [0.29, 0.717) is 6.54 Å². The van der Waals surface area contributed by atoms with Crippen LogP contribution in [-0.2, 0) is 11.3 Å². The maximum absolute atomic E-state index is 11.3. The van der Waals surface area contributed by atoms with E-state index < -0.39 is 5.60 Å². The zero-order valence-corrected chi connectivity index (χ0v) is 11.9. The first-order valence-corrected chi connectivity index (χ1v) is 6.65. The summed E-state index contributed by atoms with van der Waals surface area (Å²) in [5.41, 5.74) is -0.435. The van der Waals surface area contributed by atoms with Gasteiger partial charge in [-0.3, -0.25) is 0 Å². The van der Waals surface area contributed by atoms with Crippen molar-refractivity contribution in [3.63, 3.8) is 0 Å². The summed E-state index contributed by atoms with van der Waals surface area (Å²) in [5, 5.41) is 13.7. The lowest BCUT2D eigenvalue weighted by Gasteiger charge is -2.19. The molecule has 7 heteroatoms. The molecular weight excluding hydrogens is 246 g/mol. The van der Waals surface area contributed by atoms with Crippen LogP contribution in [0.15, 0.2) is 6.33 Å². The number of ether oxygens (including phenoxy) is 1. The van der Waals surface area contributed by atoms with Crippen LogP contribution >= 0.6 is 0 Å². The lowest BCUT2D eigenvalue weighted by Crippen LogP contribution is -2.32. The highest BCUT2D eigenvalue weighted by Gasteiger charge is 2.15. The molecule has 108 valence electrons. The van der Waals surface area contributed by atoms with Gasteiger partial charge >= 0.3 is 6.09 Å². The fraction of sp³-hybridized carbons (Fsp3) is 0.833. The highest BCUT2D eigenvalue weighted by molar-refractivity contribution is 5.67. The van der Waals surface area contributed by atoms with E-state index >= 15 is 0 Å². The summed E-state index contributed by atoms with van der Waals surface area (Å²) in [6, 6.07) is 0. The van der Waals surface area contributed by atoms with E-state index in [1.165, 1.54) is 0 Å². The van der Waals surface area contributed by atoms with Crippen LogP contribution in [0, 0.1) is 0 Å². The quantitative estimate of drug-likeness (QED) is 0.763. The van der Waals surface area contributed by atoms with E-state index in [-0.39, 0.29) is 6.09 Å². The Kier molecular flexibility index (Phi) is 6.24. The number of hydrogen-bond acceptors (Lipinski definition) is 5. The maximum atomic E-state index is 11.3. The predicted octanol–water partition coefficient (Wildman–Crippen LogP) is 1.76. The fourth-order valence-electron chi connectivity index (χ4n) is 1.54. The molecule has 0 saturated carbocycles. The number of rotatable bonds is 7. The Labute approximate surface area is 113 Å². The van der Waals surface area contributed by atoms with Crippen molar-refractivity contribution in [2.45, 2.75) is 58.6 Å². The maximum Gasteiger partial charge on any atom is 0.407 e. The first-order valence-electron chi connectivity index (χ1n) is 6.65. The number of hydrogen-bond donors (Lipinski definition) is 1. The van der Waals surface area contributed by atoms with Gasteiger partial charge in [0, 0.05) is 13.1 Å². The summed E-state index contributed by atoms with van der Waals surface area (Å²) < 4.78 is 6.86. The molecule has 1 rings (SSSR count). The molecule has 0 saturated heterocycles. The van der Waals surface area contributed by atoms with E-state index in [1.807, 2.05) is 20.8 Å². The van der Waals surface area contributed by atoms with Crippen LogP contribution in [0.25, 0.3) is 0 Å². The molecule has 0 aliphatic rings. The average molecular weight is 269 g/mol. The van der Waals surface area contributed by atoms with Gasteiger partial charge in [-0.25, -0.2) is 9.48 Å². The van der Waals surface area contributed by atoms with E-state index in [2.05, 4.69) is 20.8 Å². The number of nitrogens with one attached hydrogen (secondary N) is 1. The number of carbonyl (C=O) groups excluding carboxylic acids is 1. The standard InChI is InChI=1S/C12H23N5O2/c1-12(2,3)19-11(18)13-8-6-4-5-7-9-17-10-14-15-16-17/h10H,4-9H2,1-3H3,(H,13,18). The molecule has 0 unspecified atom stereocenters. The molecule has 0 aliphatic heterocycles. The number of carbonyl (C=O) groups is 1. The minimum Gasteiger partial charge on any atom is -0.444 e. The van der Waals surface area contributed by atoms with Crippen LogP contribution in [0.3, 0.4) is 0 Å². The van der Waals surface area contributed by atoms with E-state index in [4.69, 9.17) is 4.74 Å². The minimum atomic E-state index is -0.435. The third kappa shape index (κ3) is 8.12. The summed E-state index contributed by atoms with van der Waals surface area (Å²) in [4.78, 5) is 11.3. The smallest absolute Gasteiger partial charge is 0.407 e. The van der Waals surface area contributed by atoms with Gasteiger partial charge in [0.25, 0.3) is 0 Å². The van der Waals surface area contributed by atoms with Crippen molar-refractivity contribution in [2.75, 3.05) is 6.54 Å². The molecule has 0 fully saturated rings. The second-order valence-corrected chi connectivity index (χ2v) is 5.42. The van der Waals surface area contributed by atoms with Crippen molar-refractivity contribution in [3.8, 4) is 0 Å². The Morgan fingerprint density at radius 2 is 2.00 bits per heavy atom. The Morgan fingerprint density at radius 1 is 1.26 bits per heavy atom. The molecule has 0 aromatic carbocycles. The van der Waals surface area contributed by atoms with Crippen molar-refractivity contribution in [1.82, 2.24) is 25.5 Å². The third-order valence-corrected chi connectivity index (χ3v) is 2.37. The molecule has 0 bridgehead atoms. The number of alkyl carbamates (subject to hydrolysis) is 1. The zero-order chi connectivity index (χ0) is 14.1. The molecule has 0 radical (unpaired) electrons. The van der Waals surface area contributed by atoms with Gasteiger partial charge in [0.1, 0.15) is 11.9 Å². The molecule has 1 N–H and O–H groups in total. The van der Waals surface area contributed by atoms with E-state index in [0.717, 1.165) is 32.2 Å². The number of amides is 1. The lowest BCUT2D eigenvalue weighted by atomic mass is 10.2. The summed E-state index contributed by atoms with van der Waals surface area (Å²) in [7, 11) is 0. The Morgan fingerprint density at radius 3 is 2.63 bits per heavy atom.